The molecule has 134 valence electrons. The van der Waals surface area contributed by atoms with E-state index in [-0.39, 0.29) is 6.03 Å². The number of anilines is 1. The van der Waals surface area contributed by atoms with E-state index < -0.39 is 0 Å². The number of aryl methyl sites for hydroxylation is 2. The highest BCUT2D eigenvalue weighted by molar-refractivity contribution is 5.89. The number of carbonyl (C=O) groups excluding carboxylic acids is 1. The fourth-order valence-electron chi connectivity index (χ4n) is 2.68. The number of nitrogens with one attached hydrogen (secondary N) is 2. The Kier molecular flexibility index (Phi) is 6.69. The van der Waals surface area contributed by atoms with E-state index in [1.807, 2.05) is 51.1 Å². The zero-order chi connectivity index (χ0) is 18.2. The minimum atomic E-state index is -0.206. The monoisotopic (exact) mass is 342 g/mol. The van der Waals surface area contributed by atoms with Gasteiger partial charge in [0.25, 0.3) is 0 Å². The maximum Gasteiger partial charge on any atom is 0.319 e. The minimum absolute atomic E-state index is 0.206. The Morgan fingerprint density at radius 3 is 2.40 bits per heavy atom. The van der Waals surface area contributed by atoms with Gasteiger partial charge in [-0.25, -0.2) is 4.79 Å². The van der Waals surface area contributed by atoms with Crippen LogP contribution in [0.25, 0.3) is 0 Å². The zero-order valence-electron chi connectivity index (χ0n) is 15.3. The van der Waals surface area contributed by atoms with Crippen molar-refractivity contribution in [3.8, 4) is 11.5 Å². The first-order valence-corrected chi connectivity index (χ1v) is 8.44. The van der Waals surface area contributed by atoms with Gasteiger partial charge < -0.3 is 20.1 Å². The summed E-state index contributed by atoms with van der Waals surface area (Å²) >= 11 is 0. The molecular weight excluding hydrogens is 316 g/mol. The Morgan fingerprint density at radius 1 is 1.04 bits per heavy atom. The van der Waals surface area contributed by atoms with E-state index in [2.05, 4.69) is 16.7 Å². The third kappa shape index (κ3) is 5.71. The van der Waals surface area contributed by atoms with Crippen LogP contribution in [0.15, 0.2) is 36.4 Å². The molecule has 2 aromatic carbocycles. The van der Waals surface area contributed by atoms with Crippen molar-refractivity contribution in [2.45, 2.75) is 27.2 Å². The van der Waals surface area contributed by atoms with Crippen LogP contribution in [0.5, 0.6) is 11.5 Å². The lowest BCUT2D eigenvalue weighted by atomic mass is 10.1. The van der Waals surface area contributed by atoms with E-state index in [4.69, 9.17) is 9.47 Å². The number of ether oxygens (including phenoxy) is 2. The molecule has 2 rings (SSSR count). The van der Waals surface area contributed by atoms with Crippen LogP contribution < -0.4 is 20.1 Å². The van der Waals surface area contributed by atoms with Crippen molar-refractivity contribution in [1.82, 2.24) is 5.32 Å². The third-order valence-electron chi connectivity index (χ3n) is 3.71. The summed E-state index contributed by atoms with van der Waals surface area (Å²) in [6, 6.07) is 11.6. The van der Waals surface area contributed by atoms with Gasteiger partial charge in [-0.15, -0.1) is 0 Å². The second-order valence-electron chi connectivity index (χ2n) is 5.93. The van der Waals surface area contributed by atoms with Crippen molar-refractivity contribution in [2.75, 3.05) is 25.6 Å². The molecule has 2 amide bonds. The summed E-state index contributed by atoms with van der Waals surface area (Å²) in [5.74, 6) is 1.44. The van der Waals surface area contributed by atoms with Crippen LogP contribution in [0.2, 0.25) is 0 Å². The van der Waals surface area contributed by atoms with Crippen LogP contribution in [-0.2, 0) is 6.42 Å². The van der Waals surface area contributed by atoms with Gasteiger partial charge in [0.2, 0.25) is 0 Å². The molecule has 0 atom stereocenters. The number of hydrogen-bond donors (Lipinski definition) is 2. The number of amides is 2. The molecule has 0 saturated heterocycles. The van der Waals surface area contributed by atoms with Crippen LogP contribution in [0.1, 0.15) is 23.6 Å². The van der Waals surface area contributed by atoms with Crippen LogP contribution in [0.4, 0.5) is 10.5 Å². The van der Waals surface area contributed by atoms with Crippen LogP contribution in [0.3, 0.4) is 0 Å². The summed E-state index contributed by atoms with van der Waals surface area (Å²) < 4.78 is 10.8. The van der Waals surface area contributed by atoms with Crippen molar-refractivity contribution in [3.63, 3.8) is 0 Å². The number of carbonyl (C=O) groups is 1. The molecule has 0 unspecified atom stereocenters. The number of methoxy groups -OCH3 is 1. The lowest BCUT2D eigenvalue weighted by molar-refractivity contribution is 0.252. The van der Waals surface area contributed by atoms with Gasteiger partial charge in [0.05, 0.1) is 13.7 Å². The smallest absolute Gasteiger partial charge is 0.319 e. The van der Waals surface area contributed by atoms with Crippen molar-refractivity contribution >= 4 is 11.7 Å². The zero-order valence-corrected chi connectivity index (χ0v) is 15.3. The first-order valence-electron chi connectivity index (χ1n) is 8.44. The standard InChI is InChI=1S/C20H26N2O3/c1-5-25-18-7-6-16(13-19(18)24-4)8-9-21-20(23)22-17-11-14(2)10-15(3)12-17/h6-7,10-13H,5,8-9H2,1-4H3,(H2,21,22,23). The van der Waals surface area contributed by atoms with Gasteiger partial charge in [0.1, 0.15) is 0 Å². The fraction of sp³-hybridized carbons (Fsp3) is 0.350. The average Bonchev–Trinajstić information content (AvgIpc) is 2.55. The first-order chi connectivity index (χ1) is 12.0. The first kappa shape index (κ1) is 18.6. The predicted octanol–water partition coefficient (Wildman–Crippen LogP) is 4.07. The number of hydrogen-bond acceptors (Lipinski definition) is 3. The summed E-state index contributed by atoms with van der Waals surface area (Å²) in [6.45, 7) is 7.08. The summed E-state index contributed by atoms with van der Waals surface area (Å²) in [6.07, 6.45) is 0.711. The molecule has 0 aliphatic heterocycles. The molecule has 0 aromatic heterocycles. The van der Waals surface area contributed by atoms with E-state index in [1.165, 1.54) is 0 Å². The molecular formula is C20H26N2O3. The Balaban J connectivity index is 1.86. The van der Waals surface area contributed by atoms with E-state index in [0.717, 1.165) is 28.1 Å². The van der Waals surface area contributed by atoms with E-state index in [9.17, 15) is 4.79 Å². The largest absolute Gasteiger partial charge is 0.493 e. The number of benzene rings is 2. The highest BCUT2D eigenvalue weighted by atomic mass is 16.5. The van der Waals surface area contributed by atoms with Crippen molar-refractivity contribution < 1.29 is 14.3 Å². The molecule has 5 nitrogen and oxygen atoms in total. The van der Waals surface area contributed by atoms with Gasteiger partial charge in [0, 0.05) is 12.2 Å². The molecule has 0 aliphatic carbocycles. The third-order valence-corrected chi connectivity index (χ3v) is 3.71. The molecule has 0 saturated carbocycles. The van der Waals surface area contributed by atoms with Gasteiger partial charge in [-0.05, 0) is 68.1 Å². The molecule has 0 bridgehead atoms. The lowest BCUT2D eigenvalue weighted by Crippen LogP contribution is -2.30. The average molecular weight is 342 g/mol. The van der Waals surface area contributed by atoms with Crippen molar-refractivity contribution in [1.29, 1.82) is 0 Å². The van der Waals surface area contributed by atoms with Gasteiger partial charge in [-0.3, -0.25) is 0 Å². The maximum atomic E-state index is 12.0. The van der Waals surface area contributed by atoms with E-state index in [0.29, 0.717) is 25.3 Å². The minimum Gasteiger partial charge on any atom is -0.493 e. The van der Waals surface area contributed by atoms with Gasteiger partial charge in [0.15, 0.2) is 11.5 Å². The molecule has 0 aliphatic rings. The number of rotatable bonds is 7. The summed E-state index contributed by atoms with van der Waals surface area (Å²) in [5, 5.41) is 5.74. The Hall–Kier alpha value is -2.69. The van der Waals surface area contributed by atoms with Crippen LogP contribution in [-0.4, -0.2) is 26.3 Å². The van der Waals surface area contributed by atoms with Gasteiger partial charge in [-0.1, -0.05) is 12.1 Å². The molecule has 0 fully saturated rings. The predicted molar refractivity (Wildman–Crippen MR) is 101 cm³/mol. The van der Waals surface area contributed by atoms with E-state index in [1.54, 1.807) is 7.11 Å². The quantitative estimate of drug-likeness (QED) is 0.797. The Labute approximate surface area is 149 Å². The molecule has 2 N–H and O–H groups in total. The lowest BCUT2D eigenvalue weighted by Gasteiger charge is -2.12. The SMILES string of the molecule is CCOc1ccc(CCNC(=O)Nc2cc(C)cc(C)c2)cc1OC. The highest BCUT2D eigenvalue weighted by Gasteiger charge is 2.06. The normalized spacial score (nSPS) is 10.2. The Morgan fingerprint density at radius 2 is 1.76 bits per heavy atom. The van der Waals surface area contributed by atoms with Crippen molar-refractivity contribution in [2.24, 2.45) is 0 Å². The molecule has 0 spiro atoms. The maximum absolute atomic E-state index is 12.0. The Bertz CT molecular complexity index is 709. The summed E-state index contributed by atoms with van der Waals surface area (Å²) in [7, 11) is 1.62. The molecule has 2 aromatic rings. The van der Waals surface area contributed by atoms with Crippen LogP contribution in [0, 0.1) is 13.8 Å². The highest BCUT2D eigenvalue weighted by Crippen LogP contribution is 2.28. The summed E-state index contributed by atoms with van der Waals surface area (Å²) in [5.41, 5.74) is 4.12. The second kappa shape index (κ2) is 8.97. The van der Waals surface area contributed by atoms with Gasteiger partial charge in [-0.2, -0.15) is 0 Å². The molecule has 0 radical (unpaired) electrons. The van der Waals surface area contributed by atoms with Crippen molar-refractivity contribution in [3.05, 3.63) is 53.1 Å². The second-order valence-corrected chi connectivity index (χ2v) is 5.93. The van der Waals surface area contributed by atoms with E-state index >= 15 is 0 Å². The number of urea groups is 1. The molecule has 25 heavy (non-hydrogen) atoms. The molecule has 0 heterocycles. The molecule has 5 heteroatoms. The van der Waals surface area contributed by atoms with Gasteiger partial charge >= 0.3 is 6.03 Å². The van der Waals surface area contributed by atoms with Crippen LogP contribution >= 0.6 is 0 Å². The fourth-order valence-corrected chi connectivity index (χ4v) is 2.68. The topological polar surface area (TPSA) is 59.6 Å². The summed E-state index contributed by atoms with van der Waals surface area (Å²) in [4.78, 5) is 12.0.